The Labute approximate surface area is 164 Å². The van der Waals surface area contributed by atoms with Gasteiger partial charge in [0.25, 0.3) is 5.91 Å². The van der Waals surface area contributed by atoms with Crippen LogP contribution in [0.1, 0.15) is 23.2 Å². The van der Waals surface area contributed by atoms with Crippen molar-refractivity contribution in [1.82, 2.24) is 8.87 Å². The molecule has 1 N–H and O–H groups in total. The topological polar surface area (TPSA) is 71.4 Å². The maximum atomic E-state index is 12.7. The predicted octanol–water partition coefficient (Wildman–Crippen LogP) is 3.51. The van der Waals surface area contributed by atoms with Crippen LogP contribution in [0, 0.1) is 0 Å². The molecule has 1 aromatic heterocycles. The van der Waals surface area contributed by atoms with E-state index in [0.29, 0.717) is 24.3 Å². The minimum Gasteiger partial charge on any atom is -0.324 e. The van der Waals surface area contributed by atoms with Gasteiger partial charge in [-0.1, -0.05) is 12.1 Å². The fourth-order valence-corrected chi connectivity index (χ4v) is 4.89. The van der Waals surface area contributed by atoms with Crippen LogP contribution in [0.4, 0.5) is 5.69 Å². The van der Waals surface area contributed by atoms with Gasteiger partial charge in [-0.25, -0.2) is 8.42 Å². The summed E-state index contributed by atoms with van der Waals surface area (Å²) in [7, 11) is -3.52. The van der Waals surface area contributed by atoms with Gasteiger partial charge in [0.2, 0.25) is 10.0 Å². The number of benzene rings is 2. The summed E-state index contributed by atoms with van der Waals surface area (Å²) in [4.78, 5) is 12.9. The van der Waals surface area contributed by atoms with Gasteiger partial charge in [0.1, 0.15) is 0 Å². The molecule has 28 heavy (non-hydrogen) atoms. The van der Waals surface area contributed by atoms with Gasteiger partial charge in [-0.3, -0.25) is 4.79 Å². The zero-order valence-corrected chi connectivity index (χ0v) is 16.1. The van der Waals surface area contributed by atoms with Crippen molar-refractivity contribution in [1.29, 1.82) is 0 Å². The van der Waals surface area contributed by atoms with Crippen molar-refractivity contribution in [3.8, 4) is 5.69 Å². The Morgan fingerprint density at radius 2 is 1.61 bits per heavy atom. The van der Waals surface area contributed by atoms with Crippen LogP contribution in [0.2, 0.25) is 0 Å². The summed E-state index contributed by atoms with van der Waals surface area (Å²) in [5, 5.41) is 2.80. The standard InChI is InChI=1S/C21H21N3O3S/c25-21(17-7-5-9-19(15-17)23-11-1-2-12-23)22-18-8-6-10-20(16-18)28(26,27)24-13-3-4-14-24/h1-2,5-12,15-16H,3-4,13-14H2,(H,22,25). The second-order valence-electron chi connectivity index (χ2n) is 6.73. The molecule has 2 aromatic carbocycles. The van der Waals surface area contributed by atoms with Crippen LogP contribution in [-0.4, -0.2) is 36.3 Å². The zero-order chi connectivity index (χ0) is 19.6. The van der Waals surface area contributed by atoms with Crippen LogP contribution in [0.3, 0.4) is 0 Å². The second-order valence-corrected chi connectivity index (χ2v) is 8.67. The smallest absolute Gasteiger partial charge is 0.255 e. The van der Waals surface area contributed by atoms with Crippen LogP contribution in [0.15, 0.2) is 78.0 Å². The third kappa shape index (κ3) is 3.72. The number of amides is 1. The number of hydrogen-bond donors (Lipinski definition) is 1. The molecule has 0 saturated carbocycles. The summed E-state index contributed by atoms with van der Waals surface area (Å²) >= 11 is 0. The van der Waals surface area contributed by atoms with E-state index in [0.717, 1.165) is 18.5 Å². The lowest BCUT2D eigenvalue weighted by molar-refractivity contribution is 0.102. The van der Waals surface area contributed by atoms with Crippen LogP contribution in [0.5, 0.6) is 0 Å². The van der Waals surface area contributed by atoms with Crippen molar-refractivity contribution < 1.29 is 13.2 Å². The van der Waals surface area contributed by atoms with E-state index in [1.165, 1.54) is 10.4 Å². The summed E-state index contributed by atoms with van der Waals surface area (Å²) in [6.45, 7) is 1.09. The minimum atomic E-state index is -3.52. The molecule has 1 aliphatic rings. The highest BCUT2D eigenvalue weighted by molar-refractivity contribution is 7.89. The van der Waals surface area contributed by atoms with E-state index >= 15 is 0 Å². The number of hydrogen-bond acceptors (Lipinski definition) is 3. The van der Waals surface area contributed by atoms with Crippen LogP contribution in [0.25, 0.3) is 5.69 Å². The van der Waals surface area contributed by atoms with Gasteiger partial charge in [-0.05, 0) is 61.4 Å². The van der Waals surface area contributed by atoms with Gasteiger partial charge in [-0.2, -0.15) is 4.31 Å². The molecule has 3 aromatic rings. The van der Waals surface area contributed by atoms with E-state index in [2.05, 4.69) is 5.32 Å². The highest BCUT2D eigenvalue weighted by Gasteiger charge is 2.27. The molecule has 0 bridgehead atoms. The van der Waals surface area contributed by atoms with Gasteiger partial charge in [-0.15, -0.1) is 0 Å². The number of rotatable bonds is 5. The Hall–Kier alpha value is -2.90. The van der Waals surface area contributed by atoms with Crippen molar-refractivity contribution in [3.05, 3.63) is 78.6 Å². The average Bonchev–Trinajstić information content (AvgIpc) is 3.42. The fourth-order valence-electron chi connectivity index (χ4n) is 3.33. The Balaban J connectivity index is 1.55. The van der Waals surface area contributed by atoms with E-state index in [1.807, 2.05) is 41.2 Å². The Bertz CT molecular complexity index is 1090. The van der Waals surface area contributed by atoms with E-state index in [-0.39, 0.29) is 10.8 Å². The first-order valence-corrected chi connectivity index (χ1v) is 10.6. The number of sulfonamides is 1. The van der Waals surface area contributed by atoms with E-state index in [9.17, 15) is 13.2 Å². The zero-order valence-electron chi connectivity index (χ0n) is 15.3. The highest BCUT2D eigenvalue weighted by atomic mass is 32.2. The van der Waals surface area contributed by atoms with Gasteiger partial charge in [0.05, 0.1) is 4.90 Å². The molecule has 1 amide bonds. The highest BCUT2D eigenvalue weighted by Crippen LogP contribution is 2.23. The van der Waals surface area contributed by atoms with Gasteiger partial charge < -0.3 is 9.88 Å². The van der Waals surface area contributed by atoms with Crippen molar-refractivity contribution >= 4 is 21.6 Å². The molecule has 1 saturated heterocycles. The van der Waals surface area contributed by atoms with E-state index in [4.69, 9.17) is 0 Å². The van der Waals surface area contributed by atoms with Crippen LogP contribution in [-0.2, 0) is 10.0 Å². The fraction of sp³-hybridized carbons (Fsp3) is 0.190. The first-order valence-electron chi connectivity index (χ1n) is 9.19. The molecule has 0 radical (unpaired) electrons. The number of carbonyl (C=O) groups is 1. The maximum Gasteiger partial charge on any atom is 0.255 e. The molecule has 4 rings (SSSR count). The van der Waals surface area contributed by atoms with Gasteiger partial charge >= 0.3 is 0 Å². The molecular weight excluding hydrogens is 374 g/mol. The van der Waals surface area contributed by atoms with Gasteiger partial charge in [0, 0.05) is 42.4 Å². The maximum absolute atomic E-state index is 12.7. The van der Waals surface area contributed by atoms with Crippen LogP contribution < -0.4 is 5.32 Å². The Morgan fingerprint density at radius 1 is 0.893 bits per heavy atom. The monoisotopic (exact) mass is 395 g/mol. The molecule has 0 spiro atoms. The van der Waals surface area contributed by atoms with Crippen molar-refractivity contribution in [2.75, 3.05) is 18.4 Å². The van der Waals surface area contributed by atoms with E-state index in [1.54, 1.807) is 30.3 Å². The molecule has 1 aliphatic heterocycles. The first-order chi connectivity index (χ1) is 13.5. The largest absolute Gasteiger partial charge is 0.324 e. The van der Waals surface area contributed by atoms with Crippen LogP contribution >= 0.6 is 0 Å². The summed E-state index contributed by atoms with van der Waals surface area (Å²) in [5.74, 6) is -0.287. The van der Waals surface area contributed by atoms with Crippen molar-refractivity contribution in [2.24, 2.45) is 0 Å². The molecule has 1 fully saturated rings. The van der Waals surface area contributed by atoms with Gasteiger partial charge in [0.15, 0.2) is 0 Å². The molecule has 0 atom stereocenters. The number of carbonyl (C=O) groups excluding carboxylic acids is 1. The average molecular weight is 395 g/mol. The normalized spacial score (nSPS) is 14.9. The molecule has 2 heterocycles. The molecule has 144 valence electrons. The van der Waals surface area contributed by atoms with Crippen molar-refractivity contribution in [2.45, 2.75) is 17.7 Å². The Morgan fingerprint density at radius 3 is 2.36 bits per heavy atom. The Kier molecular flexibility index (Phi) is 5.02. The quantitative estimate of drug-likeness (QED) is 0.719. The molecule has 6 nitrogen and oxygen atoms in total. The van der Waals surface area contributed by atoms with Crippen molar-refractivity contribution in [3.63, 3.8) is 0 Å². The SMILES string of the molecule is O=C(Nc1cccc(S(=O)(=O)N2CCCC2)c1)c1cccc(-n2cccc2)c1. The lowest BCUT2D eigenvalue weighted by atomic mass is 10.2. The predicted molar refractivity (Wildman–Crippen MR) is 108 cm³/mol. The minimum absolute atomic E-state index is 0.202. The second kappa shape index (κ2) is 7.61. The third-order valence-electron chi connectivity index (χ3n) is 4.81. The molecular formula is C21H21N3O3S. The number of nitrogens with zero attached hydrogens (tertiary/aromatic N) is 2. The summed E-state index contributed by atoms with van der Waals surface area (Å²) < 4.78 is 28.9. The molecule has 0 aliphatic carbocycles. The lowest BCUT2D eigenvalue weighted by Crippen LogP contribution is -2.27. The summed E-state index contributed by atoms with van der Waals surface area (Å²) in [6, 6.07) is 17.5. The summed E-state index contributed by atoms with van der Waals surface area (Å²) in [6.07, 6.45) is 5.58. The first kappa shape index (κ1) is 18.5. The number of anilines is 1. The molecule has 7 heteroatoms. The van der Waals surface area contributed by atoms with E-state index < -0.39 is 10.0 Å². The lowest BCUT2D eigenvalue weighted by Gasteiger charge is -2.16. The third-order valence-corrected chi connectivity index (χ3v) is 6.70. The molecule has 0 unspecified atom stereocenters. The summed E-state index contributed by atoms with van der Waals surface area (Å²) in [5.41, 5.74) is 1.83. The number of aromatic nitrogens is 1. The number of nitrogens with one attached hydrogen (secondary N) is 1.